The van der Waals surface area contributed by atoms with Crippen LogP contribution >= 0.6 is 0 Å². The SMILES string of the molecule is Cc1noc(-c2ccc(NC(=O)CCn3ccc(=O)[nH]c3=O)cc2)n1. The third-order valence-corrected chi connectivity index (χ3v) is 3.42. The van der Waals surface area contributed by atoms with Crippen molar-refractivity contribution < 1.29 is 9.32 Å². The van der Waals surface area contributed by atoms with Crippen LogP contribution in [0.2, 0.25) is 0 Å². The van der Waals surface area contributed by atoms with E-state index in [2.05, 4.69) is 20.4 Å². The lowest BCUT2D eigenvalue weighted by Gasteiger charge is -2.07. The largest absolute Gasteiger partial charge is 0.334 e. The van der Waals surface area contributed by atoms with Crippen LogP contribution in [0.5, 0.6) is 0 Å². The minimum absolute atomic E-state index is 0.0938. The highest BCUT2D eigenvalue weighted by molar-refractivity contribution is 5.90. The van der Waals surface area contributed by atoms with Gasteiger partial charge in [0.05, 0.1) is 0 Å². The number of nitrogens with zero attached hydrogens (tertiary/aromatic N) is 3. The van der Waals surface area contributed by atoms with E-state index >= 15 is 0 Å². The number of aromatic amines is 1. The Labute approximate surface area is 141 Å². The summed E-state index contributed by atoms with van der Waals surface area (Å²) < 4.78 is 6.34. The number of nitrogens with one attached hydrogen (secondary N) is 2. The Morgan fingerprint density at radius 1 is 1.24 bits per heavy atom. The number of carbonyl (C=O) groups is 1. The molecule has 25 heavy (non-hydrogen) atoms. The molecule has 2 aromatic heterocycles. The van der Waals surface area contributed by atoms with Crippen molar-refractivity contribution >= 4 is 11.6 Å². The van der Waals surface area contributed by atoms with Crippen LogP contribution in [0.1, 0.15) is 12.2 Å². The number of hydrogen-bond donors (Lipinski definition) is 2. The van der Waals surface area contributed by atoms with E-state index in [1.807, 2.05) is 0 Å². The summed E-state index contributed by atoms with van der Waals surface area (Å²) in [6.45, 7) is 1.90. The third kappa shape index (κ3) is 4.08. The molecule has 9 heteroatoms. The summed E-state index contributed by atoms with van der Waals surface area (Å²) in [7, 11) is 0. The molecule has 0 unspecified atom stereocenters. The normalized spacial score (nSPS) is 10.6. The lowest BCUT2D eigenvalue weighted by Crippen LogP contribution is -2.29. The Morgan fingerprint density at radius 2 is 2.00 bits per heavy atom. The zero-order chi connectivity index (χ0) is 17.8. The number of amides is 1. The molecule has 0 aliphatic rings. The monoisotopic (exact) mass is 341 g/mol. The number of benzene rings is 1. The van der Waals surface area contributed by atoms with E-state index in [1.165, 1.54) is 16.8 Å². The maximum atomic E-state index is 12.0. The standard InChI is InChI=1S/C16H15N5O4/c1-10-17-15(25-20-10)11-2-4-12(5-3-11)18-13(22)6-8-21-9-7-14(23)19-16(21)24/h2-5,7,9H,6,8H2,1H3,(H,18,22)(H,19,23,24). The fourth-order valence-corrected chi connectivity index (χ4v) is 2.18. The van der Waals surface area contributed by atoms with Crippen molar-refractivity contribution in [1.82, 2.24) is 19.7 Å². The Balaban J connectivity index is 1.59. The van der Waals surface area contributed by atoms with Gasteiger partial charge < -0.3 is 14.4 Å². The Morgan fingerprint density at radius 3 is 2.64 bits per heavy atom. The molecule has 0 atom stereocenters. The van der Waals surface area contributed by atoms with Crippen LogP contribution in [0.3, 0.4) is 0 Å². The van der Waals surface area contributed by atoms with Crippen molar-refractivity contribution in [3.63, 3.8) is 0 Å². The summed E-state index contributed by atoms with van der Waals surface area (Å²) in [4.78, 5) is 40.8. The highest BCUT2D eigenvalue weighted by Gasteiger charge is 2.08. The number of rotatable bonds is 5. The smallest absolute Gasteiger partial charge is 0.328 e. The van der Waals surface area contributed by atoms with Gasteiger partial charge in [-0.3, -0.25) is 14.6 Å². The topological polar surface area (TPSA) is 123 Å². The maximum Gasteiger partial charge on any atom is 0.328 e. The van der Waals surface area contributed by atoms with Gasteiger partial charge in [-0.1, -0.05) is 5.16 Å². The molecule has 2 heterocycles. The fourth-order valence-electron chi connectivity index (χ4n) is 2.18. The minimum atomic E-state index is -0.542. The van der Waals surface area contributed by atoms with Crippen molar-refractivity contribution in [1.29, 1.82) is 0 Å². The first kappa shape index (κ1) is 16.4. The van der Waals surface area contributed by atoms with Crippen molar-refractivity contribution in [2.75, 3.05) is 5.32 Å². The van der Waals surface area contributed by atoms with Crippen LogP contribution in [0.4, 0.5) is 5.69 Å². The second-order valence-electron chi connectivity index (χ2n) is 5.33. The van der Waals surface area contributed by atoms with Gasteiger partial charge in [0.25, 0.3) is 11.4 Å². The molecule has 0 aliphatic carbocycles. The van der Waals surface area contributed by atoms with Crippen molar-refractivity contribution in [3.8, 4) is 11.5 Å². The van der Waals surface area contributed by atoms with Crippen LogP contribution in [0.25, 0.3) is 11.5 Å². The molecule has 0 saturated heterocycles. The summed E-state index contributed by atoms with van der Waals surface area (Å²) in [5.41, 5.74) is 0.346. The first-order chi connectivity index (χ1) is 12.0. The van der Waals surface area contributed by atoms with Crippen LogP contribution in [0, 0.1) is 6.92 Å². The summed E-state index contributed by atoms with van der Waals surface area (Å²) in [6, 6.07) is 8.19. The van der Waals surface area contributed by atoms with Gasteiger partial charge in [0, 0.05) is 36.5 Å². The Hall–Kier alpha value is -3.49. The van der Waals surface area contributed by atoms with Gasteiger partial charge in [-0.05, 0) is 31.2 Å². The molecule has 0 spiro atoms. The van der Waals surface area contributed by atoms with E-state index in [4.69, 9.17) is 4.52 Å². The molecule has 0 aliphatic heterocycles. The van der Waals surface area contributed by atoms with Crippen LogP contribution in [-0.4, -0.2) is 25.6 Å². The number of aryl methyl sites for hydroxylation is 2. The number of anilines is 1. The predicted octanol–water partition coefficient (Wildman–Crippen LogP) is 0.924. The lowest BCUT2D eigenvalue weighted by molar-refractivity contribution is -0.116. The van der Waals surface area contributed by atoms with Gasteiger partial charge in [-0.25, -0.2) is 4.79 Å². The van der Waals surface area contributed by atoms with Gasteiger partial charge in [-0.2, -0.15) is 4.98 Å². The van der Waals surface area contributed by atoms with Crippen molar-refractivity contribution in [3.05, 3.63) is 63.2 Å². The van der Waals surface area contributed by atoms with Gasteiger partial charge in [-0.15, -0.1) is 0 Å². The fraction of sp³-hybridized carbons (Fsp3) is 0.188. The van der Waals surface area contributed by atoms with E-state index in [-0.39, 0.29) is 18.9 Å². The third-order valence-electron chi connectivity index (χ3n) is 3.42. The zero-order valence-corrected chi connectivity index (χ0v) is 13.4. The van der Waals surface area contributed by atoms with Crippen LogP contribution in [0.15, 0.2) is 50.6 Å². The molecule has 0 radical (unpaired) electrons. The van der Waals surface area contributed by atoms with Gasteiger partial charge in [0.15, 0.2) is 5.82 Å². The molecular weight excluding hydrogens is 326 g/mol. The highest BCUT2D eigenvalue weighted by atomic mass is 16.5. The van der Waals surface area contributed by atoms with Gasteiger partial charge in [0.2, 0.25) is 5.91 Å². The van der Waals surface area contributed by atoms with Crippen LogP contribution in [-0.2, 0) is 11.3 Å². The molecule has 0 saturated carbocycles. The number of aromatic nitrogens is 4. The molecule has 0 fully saturated rings. The minimum Gasteiger partial charge on any atom is -0.334 e. The average molecular weight is 341 g/mol. The molecule has 3 aromatic rings. The summed E-state index contributed by atoms with van der Waals surface area (Å²) >= 11 is 0. The average Bonchev–Trinajstić information content (AvgIpc) is 3.01. The molecule has 2 N–H and O–H groups in total. The first-order valence-electron chi connectivity index (χ1n) is 7.51. The molecule has 1 amide bonds. The highest BCUT2D eigenvalue weighted by Crippen LogP contribution is 2.19. The summed E-state index contributed by atoms with van der Waals surface area (Å²) in [6.07, 6.45) is 1.45. The molecule has 9 nitrogen and oxygen atoms in total. The zero-order valence-electron chi connectivity index (χ0n) is 13.4. The second kappa shape index (κ2) is 6.95. The second-order valence-corrected chi connectivity index (χ2v) is 5.33. The Bertz CT molecular complexity index is 1000. The van der Waals surface area contributed by atoms with Crippen molar-refractivity contribution in [2.45, 2.75) is 19.9 Å². The molecule has 0 bridgehead atoms. The summed E-state index contributed by atoms with van der Waals surface area (Å²) in [5.74, 6) is 0.706. The molecule has 1 aromatic carbocycles. The number of hydrogen-bond acceptors (Lipinski definition) is 6. The molecule has 3 rings (SSSR count). The summed E-state index contributed by atoms with van der Waals surface area (Å²) in [5, 5.41) is 6.46. The quantitative estimate of drug-likeness (QED) is 0.711. The lowest BCUT2D eigenvalue weighted by atomic mass is 10.2. The van der Waals surface area contributed by atoms with E-state index in [0.29, 0.717) is 17.4 Å². The van der Waals surface area contributed by atoms with Crippen molar-refractivity contribution in [2.24, 2.45) is 0 Å². The van der Waals surface area contributed by atoms with Crippen LogP contribution < -0.4 is 16.6 Å². The number of carbonyl (C=O) groups excluding carboxylic acids is 1. The Kier molecular flexibility index (Phi) is 4.55. The maximum absolute atomic E-state index is 12.0. The van der Waals surface area contributed by atoms with E-state index in [0.717, 1.165) is 5.56 Å². The first-order valence-corrected chi connectivity index (χ1v) is 7.51. The predicted molar refractivity (Wildman–Crippen MR) is 89.0 cm³/mol. The van der Waals surface area contributed by atoms with Gasteiger partial charge >= 0.3 is 5.69 Å². The van der Waals surface area contributed by atoms with Gasteiger partial charge in [0.1, 0.15) is 0 Å². The van der Waals surface area contributed by atoms with E-state index < -0.39 is 11.2 Å². The van der Waals surface area contributed by atoms with E-state index in [9.17, 15) is 14.4 Å². The molecular formula is C16H15N5O4. The van der Waals surface area contributed by atoms with E-state index in [1.54, 1.807) is 31.2 Å². The number of H-pyrrole nitrogens is 1. The molecule has 128 valence electrons.